The van der Waals surface area contributed by atoms with Crippen LogP contribution in [-0.4, -0.2) is 24.5 Å². The molecule has 0 saturated carbocycles. The Morgan fingerprint density at radius 3 is 2.62 bits per heavy atom. The molecule has 1 aromatic rings. The molecular weight excluding hydrogens is 196 g/mol. The van der Waals surface area contributed by atoms with Crippen LogP contribution in [0.2, 0.25) is 0 Å². The second kappa shape index (κ2) is 4.56. The summed E-state index contributed by atoms with van der Waals surface area (Å²) in [7, 11) is 0. The molecule has 1 fully saturated rings. The van der Waals surface area contributed by atoms with E-state index >= 15 is 0 Å². The Kier molecular flexibility index (Phi) is 3.31. The van der Waals surface area contributed by atoms with E-state index in [0.29, 0.717) is 11.5 Å². The highest BCUT2D eigenvalue weighted by Crippen LogP contribution is 2.46. The molecule has 1 aromatic carbocycles. The first-order chi connectivity index (χ1) is 7.65. The van der Waals surface area contributed by atoms with E-state index in [1.54, 1.807) is 0 Å². The second-order valence-corrected chi connectivity index (χ2v) is 5.38. The molecule has 1 saturated heterocycles. The van der Waals surface area contributed by atoms with Crippen LogP contribution in [0.25, 0.3) is 0 Å². The van der Waals surface area contributed by atoms with Crippen LogP contribution >= 0.6 is 0 Å². The van der Waals surface area contributed by atoms with Gasteiger partial charge < -0.3 is 5.73 Å². The molecule has 0 amide bonds. The molecule has 0 spiro atoms. The number of rotatable bonds is 3. The highest BCUT2D eigenvalue weighted by atomic mass is 15.2. The average Bonchev–Trinajstić information content (AvgIpc) is 2.56. The van der Waals surface area contributed by atoms with E-state index in [4.69, 9.17) is 5.73 Å². The Bertz CT molecular complexity index is 332. The fourth-order valence-corrected chi connectivity index (χ4v) is 2.90. The van der Waals surface area contributed by atoms with Gasteiger partial charge in [-0.25, -0.2) is 0 Å². The molecule has 0 aromatic heterocycles. The third-order valence-corrected chi connectivity index (χ3v) is 3.68. The largest absolute Gasteiger partial charge is 0.329 e. The van der Waals surface area contributed by atoms with Crippen LogP contribution in [0.4, 0.5) is 0 Å². The number of benzene rings is 1. The van der Waals surface area contributed by atoms with Gasteiger partial charge in [0.15, 0.2) is 0 Å². The van der Waals surface area contributed by atoms with Gasteiger partial charge in [0.1, 0.15) is 0 Å². The normalized spacial score (nSPS) is 24.8. The quantitative estimate of drug-likeness (QED) is 0.844. The molecule has 0 radical (unpaired) electrons. The minimum atomic E-state index is 0.358. The molecule has 2 N–H and O–H groups in total. The van der Waals surface area contributed by atoms with Crippen LogP contribution in [0.1, 0.15) is 31.9 Å². The lowest BCUT2D eigenvalue weighted by Gasteiger charge is -2.33. The van der Waals surface area contributed by atoms with Crippen molar-refractivity contribution < 1.29 is 0 Å². The SMILES string of the molecule is CC1(C)CCN(CCN)C1c1ccccc1. The van der Waals surface area contributed by atoms with Crippen LogP contribution in [0.15, 0.2) is 30.3 Å². The summed E-state index contributed by atoms with van der Waals surface area (Å²) in [5.41, 5.74) is 7.48. The maximum absolute atomic E-state index is 5.70. The van der Waals surface area contributed by atoms with Crippen LogP contribution in [-0.2, 0) is 0 Å². The third kappa shape index (κ3) is 2.13. The van der Waals surface area contributed by atoms with Crippen molar-refractivity contribution in [2.24, 2.45) is 11.1 Å². The van der Waals surface area contributed by atoms with Gasteiger partial charge >= 0.3 is 0 Å². The number of nitrogens with zero attached hydrogens (tertiary/aromatic N) is 1. The van der Waals surface area contributed by atoms with Crippen molar-refractivity contribution >= 4 is 0 Å². The van der Waals surface area contributed by atoms with Crippen molar-refractivity contribution in [3.63, 3.8) is 0 Å². The smallest absolute Gasteiger partial charge is 0.0400 e. The highest BCUT2D eigenvalue weighted by Gasteiger charge is 2.40. The highest BCUT2D eigenvalue weighted by molar-refractivity contribution is 5.22. The van der Waals surface area contributed by atoms with Crippen LogP contribution in [0.5, 0.6) is 0 Å². The molecule has 2 heteroatoms. The molecule has 2 nitrogen and oxygen atoms in total. The van der Waals surface area contributed by atoms with E-state index in [0.717, 1.165) is 13.1 Å². The summed E-state index contributed by atoms with van der Waals surface area (Å²) in [4.78, 5) is 2.52. The van der Waals surface area contributed by atoms with Crippen LogP contribution < -0.4 is 5.73 Å². The summed E-state index contributed by atoms with van der Waals surface area (Å²) in [6.07, 6.45) is 1.26. The standard InChI is InChI=1S/C14H22N2/c1-14(2)8-10-16(11-9-15)13(14)12-6-4-3-5-7-12/h3-7,13H,8-11,15H2,1-2H3. The van der Waals surface area contributed by atoms with Crippen molar-refractivity contribution in [3.8, 4) is 0 Å². The number of hydrogen-bond donors (Lipinski definition) is 1. The molecule has 1 aliphatic heterocycles. The molecule has 0 aliphatic carbocycles. The monoisotopic (exact) mass is 218 g/mol. The topological polar surface area (TPSA) is 29.3 Å². The molecule has 1 atom stereocenters. The molecule has 1 unspecified atom stereocenters. The predicted octanol–water partition coefficient (Wildman–Crippen LogP) is 2.42. The van der Waals surface area contributed by atoms with Gasteiger partial charge in [0, 0.05) is 19.1 Å². The summed E-state index contributed by atoms with van der Waals surface area (Å²) < 4.78 is 0. The fraction of sp³-hybridized carbons (Fsp3) is 0.571. The summed E-state index contributed by atoms with van der Waals surface area (Å²) in [5, 5.41) is 0. The lowest BCUT2D eigenvalue weighted by atomic mass is 9.81. The first kappa shape index (κ1) is 11.6. The Balaban J connectivity index is 2.27. The number of nitrogens with two attached hydrogens (primary N) is 1. The van der Waals surface area contributed by atoms with Gasteiger partial charge in [0.25, 0.3) is 0 Å². The van der Waals surface area contributed by atoms with Crippen molar-refractivity contribution in [3.05, 3.63) is 35.9 Å². The van der Waals surface area contributed by atoms with Crippen LogP contribution in [0.3, 0.4) is 0 Å². The third-order valence-electron chi connectivity index (χ3n) is 3.68. The summed E-state index contributed by atoms with van der Waals surface area (Å²) in [6, 6.07) is 11.3. The molecule has 1 aliphatic rings. The van der Waals surface area contributed by atoms with E-state index in [1.807, 2.05) is 0 Å². The van der Waals surface area contributed by atoms with Crippen molar-refractivity contribution in [1.82, 2.24) is 4.90 Å². The maximum atomic E-state index is 5.70. The second-order valence-electron chi connectivity index (χ2n) is 5.38. The van der Waals surface area contributed by atoms with Gasteiger partial charge in [-0.2, -0.15) is 0 Å². The van der Waals surface area contributed by atoms with Gasteiger partial charge in [-0.15, -0.1) is 0 Å². The minimum absolute atomic E-state index is 0.358. The molecule has 88 valence electrons. The molecule has 2 rings (SSSR count). The first-order valence-electron chi connectivity index (χ1n) is 6.14. The molecule has 0 bridgehead atoms. The predicted molar refractivity (Wildman–Crippen MR) is 68.2 cm³/mol. The van der Waals surface area contributed by atoms with Gasteiger partial charge in [-0.05, 0) is 23.9 Å². The van der Waals surface area contributed by atoms with Gasteiger partial charge in [0.2, 0.25) is 0 Å². The van der Waals surface area contributed by atoms with Gasteiger partial charge in [-0.3, -0.25) is 4.90 Å². The zero-order chi connectivity index (χ0) is 11.6. The van der Waals surface area contributed by atoms with E-state index < -0.39 is 0 Å². The Hall–Kier alpha value is -0.860. The van der Waals surface area contributed by atoms with Crippen molar-refractivity contribution in [1.29, 1.82) is 0 Å². The zero-order valence-corrected chi connectivity index (χ0v) is 10.3. The molecule has 16 heavy (non-hydrogen) atoms. The number of likely N-dealkylation sites (tertiary alicyclic amines) is 1. The first-order valence-corrected chi connectivity index (χ1v) is 6.14. The van der Waals surface area contributed by atoms with E-state index in [1.165, 1.54) is 18.5 Å². The lowest BCUT2D eigenvalue weighted by Crippen LogP contribution is -2.32. The lowest BCUT2D eigenvalue weighted by molar-refractivity contribution is 0.187. The molecular formula is C14H22N2. The fourth-order valence-electron chi connectivity index (χ4n) is 2.90. The van der Waals surface area contributed by atoms with Crippen LogP contribution in [0, 0.1) is 5.41 Å². The van der Waals surface area contributed by atoms with Crippen molar-refractivity contribution in [2.45, 2.75) is 26.3 Å². The number of hydrogen-bond acceptors (Lipinski definition) is 2. The van der Waals surface area contributed by atoms with Gasteiger partial charge in [-0.1, -0.05) is 44.2 Å². The summed E-state index contributed by atoms with van der Waals surface area (Å²) >= 11 is 0. The molecule has 1 heterocycles. The Morgan fingerprint density at radius 1 is 1.31 bits per heavy atom. The summed E-state index contributed by atoms with van der Waals surface area (Å²) in [6.45, 7) is 7.65. The summed E-state index contributed by atoms with van der Waals surface area (Å²) in [5.74, 6) is 0. The van der Waals surface area contributed by atoms with E-state index in [-0.39, 0.29) is 0 Å². The Labute approximate surface area is 98.4 Å². The van der Waals surface area contributed by atoms with Crippen molar-refractivity contribution in [2.75, 3.05) is 19.6 Å². The minimum Gasteiger partial charge on any atom is -0.329 e. The maximum Gasteiger partial charge on any atom is 0.0400 e. The Morgan fingerprint density at radius 2 is 2.00 bits per heavy atom. The average molecular weight is 218 g/mol. The van der Waals surface area contributed by atoms with E-state index in [2.05, 4.69) is 49.1 Å². The van der Waals surface area contributed by atoms with E-state index in [9.17, 15) is 0 Å². The zero-order valence-electron chi connectivity index (χ0n) is 10.3. The van der Waals surface area contributed by atoms with Gasteiger partial charge in [0.05, 0.1) is 0 Å².